The van der Waals surface area contributed by atoms with Crippen LogP contribution in [0.1, 0.15) is 43.1 Å². The Morgan fingerprint density at radius 3 is 2.38 bits per heavy atom. The number of para-hydroxylation sites is 1. The lowest BCUT2D eigenvalue weighted by Crippen LogP contribution is -2.38. The molecule has 1 unspecified atom stereocenters. The fourth-order valence-electron chi connectivity index (χ4n) is 2.12. The molecule has 4 N–H and O–H groups in total. The number of amides is 1. The largest absolute Gasteiger partial charge is 0.418 e. The average molecular weight is 303 g/mol. The standard InChI is InChI=1S/C14H20F3N3O/c1-4-11(8(2)3)19-13(21)9-6-5-7-10(12(9)20-18)14(15,16)17/h5-8,11,20H,4,18H2,1-3H3,(H,19,21). The Bertz CT molecular complexity index is 501. The molecule has 0 aliphatic carbocycles. The first-order chi connectivity index (χ1) is 9.72. The molecule has 1 rings (SSSR count). The van der Waals surface area contributed by atoms with Gasteiger partial charge in [0, 0.05) is 6.04 Å². The van der Waals surface area contributed by atoms with E-state index in [0.29, 0.717) is 6.42 Å². The Hall–Kier alpha value is -1.76. The van der Waals surface area contributed by atoms with Gasteiger partial charge in [0.15, 0.2) is 0 Å². The minimum atomic E-state index is -4.58. The summed E-state index contributed by atoms with van der Waals surface area (Å²) in [7, 11) is 0. The van der Waals surface area contributed by atoms with E-state index in [0.717, 1.165) is 6.07 Å². The van der Waals surface area contributed by atoms with E-state index >= 15 is 0 Å². The molecule has 7 heteroatoms. The minimum absolute atomic E-state index is 0.113. The van der Waals surface area contributed by atoms with Gasteiger partial charge in [-0.2, -0.15) is 13.2 Å². The van der Waals surface area contributed by atoms with Gasteiger partial charge >= 0.3 is 6.18 Å². The first-order valence-electron chi connectivity index (χ1n) is 6.70. The van der Waals surface area contributed by atoms with Crippen molar-refractivity contribution in [1.82, 2.24) is 5.32 Å². The molecular weight excluding hydrogens is 283 g/mol. The quantitative estimate of drug-likeness (QED) is 0.578. The SMILES string of the molecule is CCC(NC(=O)c1cccc(C(F)(F)F)c1NN)C(C)C. The van der Waals surface area contributed by atoms with Crippen LogP contribution in [0.5, 0.6) is 0 Å². The summed E-state index contributed by atoms with van der Waals surface area (Å²) >= 11 is 0. The third kappa shape index (κ3) is 4.10. The maximum atomic E-state index is 12.9. The first-order valence-corrected chi connectivity index (χ1v) is 6.70. The van der Waals surface area contributed by atoms with Crippen LogP contribution >= 0.6 is 0 Å². The van der Waals surface area contributed by atoms with Gasteiger partial charge in [-0.15, -0.1) is 0 Å². The molecule has 0 bridgehead atoms. The number of hydrogen-bond acceptors (Lipinski definition) is 3. The smallest absolute Gasteiger partial charge is 0.349 e. The number of hydrogen-bond donors (Lipinski definition) is 3. The molecule has 0 saturated heterocycles. The first kappa shape index (κ1) is 17.3. The summed E-state index contributed by atoms with van der Waals surface area (Å²) in [6.07, 6.45) is -3.89. The summed E-state index contributed by atoms with van der Waals surface area (Å²) in [4.78, 5) is 12.2. The van der Waals surface area contributed by atoms with Gasteiger partial charge in [0.1, 0.15) is 0 Å². The lowest BCUT2D eigenvalue weighted by molar-refractivity contribution is -0.137. The zero-order valence-electron chi connectivity index (χ0n) is 12.2. The van der Waals surface area contributed by atoms with E-state index in [9.17, 15) is 18.0 Å². The second-order valence-corrected chi connectivity index (χ2v) is 5.10. The van der Waals surface area contributed by atoms with Crippen molar-refractivity contribution in [3.8, 4) is 0 Å². The minimum Gasteiger partial charge on any atom is -0.349 e. The fraction of sp³-hybridized carbons (Fsp3) is 0.500. The number of alkyl halides is 3. The van der Waals surface area contributed by atoms with E-state index in [4.69, 9.17) is 5.84 Å². The third-order valence-electron chi connectivity index (χ3n) is 3.32. The Kier molecular flexibility index (Phi) is 5.60. The number of rotatable bonds is 5. The lowest BCUT2D eigenvalue weighted by atomic mass is 10.0. The summed E-state index contributed by atoms with van der Waals surface area (Å²) in [5.41, 5.74) is 0.494. The molecule has 0 heterocycles. The van der Waals surface area contributed by atoms with Crippen LogP contribution in [0.25, 0.3) is 0 Å². The second-order valence-electron chi connectivity index (χ2n) is 5.10. The molecule has 0 saturated carbocycles. The van der Waals surface area contributed by atoms with E-state index in [-0.39, 0.29) is 17.5 Å². The molecule has 0 spiro atoms. The maximum Gasteiger partial charge on any atom is 0.418 e. The highest BCUT2D eigenvalue weighted by Gasteiger charge is 2.35. The number of halogens is 3. The van der Waals surface area contributed by atoms with Crippen LogP contribution in [-0.4, -0.2) is 11.9 Å². The maximum absolute atomic E-state index is 12.9. The lowest BCUT2D eigenvalue weighted by Gasteiger charge is -2.22. The van der Waals surface area contributed by atoms with E-state index in [2.05, 4.69) is 5.32 Å². The normalized spacial score (nSPS) is 13.1. The van der Waals surface area contributed by atoms with Gasteiger partial charge in [-0.3, -0.25) is 10.6 Å². The van der Waals surface area contributed by atoms with Crippen LogP contribution in [0, 0.1) is 5.92 Å². The van der Waals surface area contributed by atoms with E-state index in [1.807, 2.05) is 26.2 Å². The Balaban J connectivity index is 3.16. The van der Waals surface area contributed by atoms with Crippen molar-refractivity contribution in [3.05, 3.63) is 29.3 Å². The highest BCUT2D eigenvalue weighted by Crippen LogP contribution is 2.36. The van der Waals surface area contributed by atoms with E-state index < -0.39 is 23.3 Å². The van der Waals surface area contributed by atoms with Crippen LogP contribution in [0.2, 0.25) is 0 Å². The van der Waals surface area contributed by atoms with E-state index in [1.165, 1.54) is 12.1 Å². The van der Waals surface area contributed by atoms with Crippen LogP contribution in [-0.2, 0) is 6.18 Å². The highest BCUT2D eigenvalue weighted by atomic mass is 19.4. The monoisotopic (exact) mass is 303 g/mol. The molecule has 4 nitrogen and oxygen atoms in total. The molecule has 0 aliphatic heterocycles. The predicted octanol–water partition coefficient (Wildman–Crippen LogP) is 3.16. The zero-order valence-corrected chi connectivity index (χ0v) is 12.2. The summed E-state index contributed by atoms with van der Waals surface area (Å²) in [5, 5.41) is 2.73. The zero-order chi connectivity index (χ0) is 16.2. The van der Waals surface area contributed by atoms with Crippen molar-refractivity contribution in [3.63, 3.8) is 0 Å². The molecule has 118 valence electrons. The number of nitrogens with two attached hydrogens (primary N) is 1. The molecule has 1 aromatic rings. The van der Waals surface area contributed by atoms with Gasteiger partial charge < -0.3 is 10.7 Å². The van der Waals surface area contributed by atoms with Crippen molar-refractivity contribution in [2.45, 2.75) is 39.4 Å². The molecular formula is C14H20F3N3O. The number of carbonyl (C=O) groups is 1. The molecule has 0 radical (unpaired) electrons. The van der Waals surface area contributed by atoms with Crippen LogP contribution < -0.4 is 16.6 Å². The molecule has 21 heavy (non-hydrogen) atoms. The van der Waals surface area contributed by atoms with Crippen LogP contribution in [0.15, 0.2) is 18.2 Å². The summed E-state index contributed by atoms with van der Waals surface area (Å²) < 4.78 is 38.7. The van der Waals surface area contributed by atoms with Crippen molar-refractivity contribution >= 4 is 11.6 Å². The van der Waals surface area contributed by atoms with Gasteiger partial charge in [-0.1, -0.05) is 26.8 Å². The van der Waals surface area contributed by atoms with Gasteiger partial charge in [0.05, 0.1) is 16.8 Å². The number of nitrogens with one attached hydrogen (secondary N) is 2. The molecule has 0 aliphatic rings. The van der Waals surface area contributed by atoms with Gasteiger partial charge in [-0.25, -0.2) is 0 Å². The van der Waals surface area contributed by atoms with Crippen LogP contribution in [0.4, 0.5) is 18.9 Å². The Morgan fingerprint density at radius 2 is 1.95 bits per heavy atom. The van der Waals surface area contributed by atoms with Crippen LogP contribution in [0.3, 0.4) is 0 Å². The average Bonchev–Trinajstić information content (AvgIpc) is 2.42. The number of anilines is 1. The molecule has 1 atom stereocenters. The molecule has 0 aromatic heterocycles. The fourth-order valence-corrected chi connectivity index (χ4v) is 2.12. The summed E-state index contributed by atoms with van der Waals surface area (Å²) in [6, 6.07) is 3.27. The third-order valence-corrected chi connectivity index (χ3v) is 3.32. The van der Waals surface area contributed by atoms with Gasteiger partial charge in [-0.05, 0) is 24.5 Å². The molecule has 1 amide bonds. The summed E-state index contributed by atoms with van der Waals surface area (Å²) in [5.74, 6) is 4.78. The Morgan fingerprint density at radius 1 is 1.33 bits per heavy atom. The van der Waals surface area contributed by atoms with Gasteiger partial charge in [0.25, 0.3) is 5.91 Å². The number of hydrazine groups is 1. The Labute approximate surface area is 121 Å². The van der Waals surface area contributed by atoms with Crippen molar-refractivity contribution in [2.75, 3.05) is 5.43 Å². The number of benzene rings is 1. The topological polar surface area (TPSA) is 67.2 Å². The summed E-state index contributed by atoms with van der Waals surface area (Å²) in [6.45, 7) is 5.77. The van der Waals surface area contributed by atoms with Gasteiger partial charge in [0.2, 0.25) is 0 Å². The number of carbonyl (C=O) groups excluding carboxylic acids is 1. The molecule has 1 aromatic carbocycles. The predicted molar refractivity (Wildman–Crippen MR) is 75.6 cm³/mol. The van der Waals surface area contributed by atoms with Crippen molar-refractivity contribution in [2.24, 2.45) is 11.8 Å². The van der Waals surface area contributed by atoms with Crippen molar-refractivity contribution < 1.29 is 18.0 Å². The number of nitrogen functional groups attached to an aromatic ring is 1. The molecule has 0 fully saturated rings. The van der Waals surface area contributed by atoms with Crippen molar-refractivity contribution in [1.29, 1.82) is 0 Å². The van der Waals surface area contributed by atoms with E-state index in [1.54, 1.807) is 0 Å². The highest BCUT2D eigenvalue weighted by molar-refractivity contribution is 6.00. The second kappa shape index (κ2) is 6.80.